The number of ether oxygens (including phenoxy) is 2. The fourth-order valence-electron chi connectivity index (χ4n) is 4.15. The Bertz CT molecular complexity index is 865. The average molecular weight is 517 g/mol. The largest absolute Gasteiger partial charge is 0.463 e. The molecule has 0 saturated carbocycles. The van der Waals surface area contributed by atoms with Crippen LogP contribution >= 0.6 is 0 Å². The number of hydrogen-bond donors (Lipinski definition) is 3. The van der Waals surface area contributed by atoms with Crippen molar-refractivity contribution in [3.05, 3.63) is 48.0 Å². The maximum Gasteiger partial charge on any atom is 0.309 e. The highest BCUT2D eigenvalue weighted by molar-refractivity contribution is 5.86. The van der Waals surface area contributed by atoms with E-state index in [1.807, 2.05) is 63.3 Å². The second kappa shape index (κ2) is 16.2. The van der Waals surface area contributed by atoms with E-state index in [9.17, 15) is 14.4 Å². The van der Waals surface area contributed by atoms with Crippen LogP contribution in [0.4, 0.5) is 0 Å². The van der Waals surface area contributed by atoms with Crippen molar-refractivity contribution in [2.45, 2.75) is 65.3 Å². The number of hydrogen-bond acceptors (Lipinski definition) is 6. The molecule has 0 saturated heterocycles. The summed E-state index contributed by atoms with van der Waals surface area (Å²) in [5.74, 6) is -1.49. The number of esters is 1. The molecule has 1 heterocycles. The van der Waals surface area contributed by atoms with Gasteiger partial charge in [-0.25, -0.2) is 0 Å². The Balaban J connectivity index is 2.09. The second-order valence-corrected chi connectivity index (χ2v) is 10.7. The lowest BCUT2D eigenvalue weighted by atomic mass is 9.86. The van der Waals surface area contributed by atoms with Gasteiger partial charge in [0.1, 0.15) is 6.61 Å². The van der Waals surface area contributed by atoms with Crippen LogP contribution in [0.1, 0.15) is 58.4 Å². The van der Waals surface area contributed by atoms with Crippen molar-refractivity contribution in [2.24, 2.45) is 17.3 Å². The number of amides is 2. The monoisotopic (exact) mass is 516 g/mol. The number of rotatable bonds is 9. The molecule has 1 aliphatic rings. The zero-order chi connectivity index (χ0) is 27.1. The molecule has 1 aromatic rings. The van der Waals surface area contributed by atoms with Gasteiger partial charge in [0.05, 0.1) is 37.7 Å². The van der Waals surface area contributed by atoms with Crippen LogP contribution in [0.15, 0.2) is 42.5 Å². The Hall–Kier alpha value is -2.71. The van der Waals surface area contributed by atoms with Crippen molar-refractivity contribution in [3.63, 3.8) is 0 Å². The second-order valence-electron chi connectivity index (χ2n) is 10.7. The molecule has 3 atom stereocenters. The molecule has 0 radical (unpaired) electrons. The highest BCUT2D eigenvalue weighted by atomic mass is 16.5. The first kappa shape index (κ1) is 30.5. The lowest BCUT2D eigenvalue weighted by molar-refractivity contribution is -0.151. The Labute approximate surface area is 221 Å². The molecule has 1 aliphatic heterocycles. The van der Waals surface area contributed by atoms with Crippen LogP contribution in [0.3, 0.4) is 0 Å². The standard InChI is InChI=1S/C29H44N2O6/c1-29(2,3)25-21-37-28(35)24(19-22-11-7-6-8-12-22)14-10-5-4-9-13-23(27(34)31-25)20-26(33)30-15-17-36-18-16-32/h4,6-9,11-12,23-25,32H,5,10,13-21H2,1-3H3,(H,30,33)(H,31,34). The smallest absolute Gasteiger partial charge is 0.309 e. The van der Waals surface area contributed by atoms with Gasteiger partial charge < -0.3 is 25.2 Å². The van der Waals surface area contributed by atoms with Crippen LogP contribution in [0.25, 0.3) is 0 Å². The average Bonchev–Trinajstić information content (AvgIpc) is 2.86. The van der Waals surface area contributed by atoms with Crippen molar-refractivity contribution < 1.29 is 29.0 Å². The number of carbonyl (C=O) groups excluding carboxylic acids is 3. The summed E-state index contributed by atoms with van der Waals surface area (Å²) >= 11 is 0. The molecule has 0 aliphatic carbocycles. The quantitative estimate of drug-likeness (QED) is 0.264. The zero-order valence-electron chi connectivity index (χ0n) is 22.5. The van der Waals surface area contributed by atoms with Gasteiger partial charge in [-0.05, 0) is 43.1 Å². The van der Waals surface area contributed by atoms with Gasteiger partial charge in [0, 0.05) is 13.0 Å². The molecule has 2 rings (SSSR count). The minimum atomic E-state index is -0.538. The molecular formula is C29H44N2O6. The molecule has 1 aromatic carbocycles. The van der Waals surface area contributed by atoms with Gasteiger partial charge in [-0.2, -0.15) is 0 Å². The maximum atomic E-state index is 13.3. The number of cyclic esters (lactones) is 1. The van der Waals surface area contributed by atoms with Gasteiger partial charge in [-0.3, -0.25) is 14.4 Å². The highest BCUT2D eigenvalue weighted by Gasteiger charge is 2.32. The summed E-state index contributed by atoms with van der Waals surface area (Å²) < 4.78 is 10.9. The van der Waals surface area contributed by atoms with Crippen molar-refractivity contribution in [1.29, 1.82) is 0 Å². The van der Waals surface area contributed by atoms with Gasteiger partial charge in [0.2, 0.25) is 11.8 Å². The zero-order valence-corrected chi connectivity index (χ0v) is 22.5. The molecule has 0 bridgehead atoms. The summed E-state index contributed by atoms with van der Waals surface area (Å²) in [7, 11) is 0. The van der Waals surface area contributed by atoms with Crippen molar-refractivity contribution in [3.8, 4) is 0 Å². The first-order valence-corrected chi connectivity index (χ1v) is 13.3. The molecule has 206 valence electrons. The van der Waals surface area contributed by atoms with Gasteiger partial charge in [-0.15, -0.1) is 0 Å². The third kappa shape index (κ3) is 11.9. The topological polar surface area (TPSA) is 114 Å². The van der Waals surface area contributed by atoms with Gasteiger partial charge in [-0.1, -0.05) is 63.3 Å². The molecule has 8 heteroatoms. The number of aliphatic hydroxyl groups is 1. The lowest BCUT2D eigenvalue weighted by Crippen LogP contribution is -2.49. The van der Waals surface area contributed by atoms with Crippen LogP contribution in [0.2, 0.25) is 0 Å². The Morgan fingerprint density at radius 3 is 2.59 bits per heavy atom. The van der Waals surface area contributed by atoms with E-state index >= 15 is 0 Å². The van der Waals surface area contributed by atoms with E-state index in [1.165, 1.54) is 0 Å². The number of allylic oxidation sites excluding steroid dienone is 2. The van der Waals surface area contributed by atoms with Crippen LogP contribution in [-0.2, 0) is 30.3 Å². The van der Waals surface area contributed by atoms with E-state index in [1.54, 1.807) is 0 Å². The highest BCUT2D eigenvalue weighted by Crippen LogP contribution is 2.24. The van der Waals surface area contributed by atoms with Crippen molar-refractivity contribution >= 4 is 17.8 Å². The predicted octanol–water partition coefficient (Wildman–Crippen LogP) is 3.18. The van der Waals surface area contributed by atoms with E-state index in [0.717, 1.165) is 24.8 Å². The van der Waals surface area contributed by atoms with Crippen LogP contribution < -0.4 is 10.6 Å². The molecule has 0 spiro atoms. The van der Waals surface area contributed by atoms with E-state index < -0.39 is 12.0 Å². The van der Waals surface area contributed by atoms with Gasteiger partial charge >= 0.3 is 5.97 Å². The first-order valence-electron chi connectivity index (χ1n) is 13.3. The van der Waals surface area contributed by atoms with Crippen molar-refractivity contribution in [2.75, 3.05) is 33.0 Å². The summed E-state index contributed by atoms with van der Waals surface area (Å²) in [4.78, 5) is 38.8. The molecule has 3 N–H and O–H groups in total. The fourth-order valence-corrected chi connectivity index (χ4v) is 4.15. The molecule has 0 fully saturated rings. The lowest BCUT2D eigenvalue weighted by Gasteiger charge is -2.33. The van der Waals surface area contributed by atoms with Crippen molar-refractivity contribution in [1.82, 2.24) is 10.6 Å². The third-order valence-electron chi connectivity index (χ3n) is 6.53. The van der Waals surface area contributed by atoms with Gasteiger partial charge in [0.25, 0.3) is 0 Å². The molecule has 37 heavy (non-hydrogen) atoms. The fraction of sp³-hybridized carbons (Fsp3) is 0.621. The molecule has 2 amide bonds. The number of nitrogens with one attached hydrogen (secondary N) is 2. The minimum Gasteiger partial charge on any atom is -0.463 e. The minimum absolute atomic E-state index is 0.0476. The molecular weight excluding hydrogens is 472 g/mol. The van der Waals surface area contributed by atoms with Gasteiger partial charge in [0.15, 0.2) is 0 Å². The Morgan fingerprint density at radius 2 is 1.89 bits per heavy atom. The van der Waals surface area contributed by atoms with E-state index in [2.05, 4.69) is 10.6 Å². The Kier molecular flexibility index (Phi) is 13.4. The summed E-state index contributed by atoms with van der Waals surface area (Å²) in [6.45, 7) is 6.81. The van der Waals surface area contributed by atoms with E-state index in [-0.39, 0.29) is 55.4 Å². The third-order valence-corrected chi connectivity index (χ3v) is 6.53. The first-order chi connectivity index (χ1) is 17.7. The van der Waals surface area contributed by atoms with Crippen LogP contribution in [-0.4, -0.2) is 61.9 Å². The van der Waals surface area contributed by atoms with E-state index in [4.69, 9.17) is 14.6 Å². The summed E-state index contributed by atoms with van der Waals surface area (Å²) in [5, 5.41) is 14.6. The summed E-state index contributed by atoms with van der Waals surface area (Å²) in [6.07, 6.45) is 7.44. The van der Waals surface area contributed by atoms with Crippen LogP contribution in [0.5, 0.6) is 0 Å². The number of carbonyl (C=O) groups is 3. The number of benzene rings is 1. The SMILES string of the molecule is CC(C)(C)C1COC(=O)C(Cc2ccccc2)CCCC=CCC(CC(=O)NCCOCCO)C(=O)N1. The van der Waals surface area contributed by atoms with E-state index in [0.29, 0.717) is 26.0 Å². The Morgan fingerprint density at radius 1 is 1.14 bits per heavy atom. The number of aliphatic hydroxyl groups excluding tert-OH is 1. The molecule has 3 unspecified atom stereocenters. The maximum absolute atomic E-state index is 13.3. The van der Waals surface area contributed by atoms with Crippen LogP contribution in [0, 0.1) is 17.3 Å². The predicted molar refractivity (Wildman–Crippen MR) is 143 cm³/mol. The summed E-state index contributed by atoms with van der Waals surface area (Å²) in [6, 6.07) is 9.55. The summed E-state index contributed by atoms with van der Waals surface area (Å²) in [5.41, 5.74) is 0.747. The normalized spacial score (nSPS) is 22.0. The molecule has 8 nitrogen and oxygen atoms in total. The molecule has 0 aromatic heterocycles.